The lowest BCUT2D eigenvalue weighted by Crippen LogP contribution is -2.45. The van der Waals surface area contributed by atoms with Crippen LogP contribution in [0.25, 0.3) is 0 Å². The normalized spacial score (nSPS) is 11.2. The van der Waals surface area contributed by atoms with Crippen LogP contribution in [0, 0.1) is 0 Å². The van der Waals surface area contributed by atoms with Crippen molar-refractivity contribution in [3.05, 3.63) is 53.9 Å². The molecule has 1 amide bonds. The van der Waals surface area contributed by atoms with Gasteiger partial charge in [0.05, 0.1) is 27.2 Å². The van der Waals surface area contributed by atoms with Gasteiger partial charge in [-0.15, -0.1) is 0 Å². The topological polar surface area (TPSA) is 139 Å². The molecule has 0 aliphatic carbocycles. The zero-order valence-electron chi connectivity index (χ0n) is 19.8. The van der Waals surface area contributed by atoms with E-state index in [1.165, 1.54) is 26.5 Å². The van der Waals surface area contributed by atoms with Crippen LogP contribution in [0.4, 0.5) is 0 Å². The number of aryl methyl sites for hydroxylation is 1. The molecule has 1 atom stereocenters. The lowest BCUT2D eigenvalue weighted by molar-refractivity contribution is -0.150. The van der Waals surface area contributed by atoms with Crippen LogP contribution < -0.4 is 14.8 Å². The first kappa shape index (κ1) is 27.3. The van der Waals surface area contributed by atoms with Crippen molar-refractivity contribution < 1.29 is 42.9 Å². The highest BCUT2D eigenvalue weighted by Crippen LogP contribution is 2.30. The second-order valence-corrected chi connectivity index (χ2v) is 7.13. The summed E-state index contributed by atoms with van der Waals surface area (Å²) in [5, 5.41) is 2.40. The van der Waals surface area contributed by atoms with Crippen LogP contribution in [0.5, 0.6) is 11.5 Å². The van der Waals surface area contributed by atoms with Crippen molar-refractivity contribution in [2.75, 3.05) is 34.5 Å². The van der Waals surface area contributed by atoms with Gasteiger partial charge in [0.1, 0.15) is 6.61 Å². The Balaban J connectivity index is 2.08. The van der Waals surface area contributed by atoms with E-state index in [1.54, 1.807) is 0 Å². The quantitative estimate of drug-likeness (QED) is 0.412. The van der Waals surface area contributed by atoms with E-state index in [0.29, 0.717) is 6.42 Å². The first-order valence-corrected chi connectivity index (χ1v) is 10.7. The molecule has 0 aliphatic heterocycles. The first-order chi connectivity index (χ1) is 16.9. The second kappa shape index (κ2) is 14.3. The standard InChI is InChI=1S/C24H28N2O9/c1-31-14-12-20(28)35-22-18(32-2)11-13-25-21(22)23(29)26-17(24(30)33-3)15-34-19(27)10-9-16-7-5-4-6-8-16/h4-8,11,13,17H,9-10,12,14-15H2,1-3H3,(H,26,29). The minimum absolute atomic E-state index is 0.0701. The maximum Gasteiger partial charge on any atom is 0.331 e. The van der Waals surface area contributed by atoms with Crippen molar-refractivity contribution in [3.63, 3.8) is 0 Å². The van der Waals surface area contributed by atoms with Crippen LogP contribution in [0.3, 0.4) is 0 Å². The predicted molar refractivity (Wildman–Crippen MR) is 122 cm³/mol. The summed E-state index contributed by atoms with van der Waals surface area (Å²) in [6.45, 7) is -0.345. The molecule has 0 spiro atoms. The molecule has 0 bridgehead atoms. The zero-order valence-corrected chi connectivity index (χ0v) is 19.8. The predicted octanol–water partition coefficient (Wildman–Crippen LogP) is 1.48. The molecule has 188 valence electrons. The van der Waals surface area contributed by atoms with Gasteiger partial charge in [-0.3, -0.25) is 14.4 Å². The third-order valence-electron chi connectivity index (χ3n) is 4.69. The van der Waals surface area contributed by atoms with E-state index in [1.807, 2.05) is 30.3 Å². The molecular weight excluding hydrogens is 460 g/mol. The fourth-order valence-electron chi connectivity index (χ4n) is 2.88. The maximum absolute atomic E-state index is 12.9. The van der Waals surface area contributed by atoms with Crippen LogP contribution in [0.15, 0.2) is 42.6 Å². The van der Waals surface area contributed by atoms with E-state index in [4.69, 9.17) is 23.7 Å². The summed E-state index contributed by atoms with van der Waals surface area (Å²) >= 11 is 0. The van der Waals surface area contributed by atoms with Gasteiger partial charge in [0.2, 0.25) is 5.75 Å². The van der Waals surface area contributed by atoms with Crippen molar-refractivity contribution in [1.29, 1.82) is 0 Å². The minimum atomic E-state index is -1.32. The van der Waals surface area contributed by atoms with Gasteiger partial charge in [0.25, 0.3) is 5.91 Å². The van der Waals surface area contributed by atoms with Crippen molar-refractivity contribution in [2.45, 2.75) is 25.3 Å². The highest BCUT2D eigenvalue weighted by atomic mass is 16.6. The molecule has 1 heterocycles. The molecule has 0 radical (unpaired) electrons. The monoisotopic (exact) mass is 488 g/mol. The Kier molecular flexibility index (Phi) is 11.1. The minimum Gasteiger partial charge on any atom is -0.493 e. The number of rotatable bonds is 13. The van der Waals surface area contributed by atoms with Crippen LogP contribution in [0.1, 0.15) is 28.9 Å². The largest absolute Gasteiger partial charge is 0.493 e. The number of hydrogen-bond acceptors (Lipinski definition) is 10. The molecule has 0 saturated carbocycles. The summed E-state index contributed by atoms with van der Waals surface area (Å²) in [7, 11) is 3.89. The van der Waals surface area contributed by atoms with Gasteiger partial charge in [-0.25, -0.2) is 9.78 Å². The summed E-state index contributed by atoms with van der Waals surface area (Å²) in [6, 6.07) is 9.44. The third kappa shape index (κ3) is 8.70. The molecular formula is C24H28N2O9. The zero-order chi connectivity index (χ0) is 25.6. The van der Waals surface area contributed by atoms with Crippen LogP contribution in [-0.2, 0) is 35.0 Å². The molecule has 0 saturated heterocycles. The molecule has 11 heteroatoms. The number of pyridine rings is 1. The SMILES string of the molecule is COCCC(=O)Oc1c(OC)ccnc1C(=O)NC(COC(=O)CCc1ccccc1)C(=O)OC. The molecule has 2 rings (SSSR count). The number of ether oxygens (including phenoxy) is 5. The van der Waals surface area contributed by atoms with Gasteiger partial charge >= 0.3 is 17.9 Å². The number of carbonyl (C=O) groups is 4. The number of carbonyl (C=O) groups excluding carboxylic acids is 4. The fourth-order valence-corrected chi connectivity index (χ4v) is 2.88. The van der Waals surface area contributed by atoms with Crippen LogP contribution in [0.2, 0.25) is 0 Å². The smallest absolute Gasteiger partial charge is 0.331 e. The number of benzene rings is 1. The molecule has 0 fully saturated rings. The van der Waals surface area contributed by atoms with E-state index < -0.39 is 36.5 Å². The van der Waals surface area contributed by atoms with Gasteiger partial charge in [-0.2, -0.15) is 0 Å². The van der Waals surface area contributed by atoms with Gasteiger partial charge < -0.3 is 29.0 Å². The van der Waals surface area contributed by atoms with Crippen LogP contribution in [-0.4, -0.2) is 69.4 Å². The number of nitrogens with one attached hydrogen (secondary N) is 1. The van der Waals surface area contributed by atoms with Gasteiger partial charge in [0, 0.05) is 25.8 Å². The number of nitrogens with zero attached hydrogens (tertiary/aromatic N) is 1. The average molecular weight is 488 g/mol. The Hall–Kier alpha value is -3.99. The Morgan fingerprint density at radius 3 is 2.37 bits per heavy atom. The third-order valence-corrected chi connectivity index (χ3v) is 4.69. The molecule has 11 nitrogen and oxygen atoms in total. The van der Waals surface area contributed by atoms with E-state index in [-0.39, 0.29) is 36.6 Å². The fraction of sp³-hybridized carbons (Fsp3) is 0.375. The Bertz CT molecular complexity index is 1010. The lowest BCUT2D eigenvalue weighted by atomic mass is 10.1. The highest BCUT2D eigenvalue weighted by Gasteiger charge is 2.28. The molecule has 1 N–H and O–H groups in total. The van der Waals surface area contributed by atoms with E-state index in [0.717, 1.165) is 12.7 Å². The van der Waals surface area contributed by atoms with Gasteiger partial charge in [0.15, 0.2) is 17.5 Å². The van der Waals surface area contributed by atoms with Crippen LogP contribution >= 0.6 is 0 Å². The Morgan fingerprint density at radius 1 is 0.971 bits per heavy atom. The second-order valence-electron chi connectivity index (χ2n) is 7.13. The first-order valence-electron chi connectivity index (χ1n) is 10.7. The van der Waals surface area contributed by atoms with E-state index >= 15 is 0 Å². The number of esters is 3. The Labute approximate surface area is 202 Å². The van der Waals surface area contributed by atoms with Crippen molar-refractivity contribution in [1.82, 2.24) is 10.3 Å². The van der Waals surface area contributed by atoms with Crippen molar-refractivity contribution in [3.8, 4) is 11.5 Å². The molecule has 1 aromatic heterocycles. The number of amides is 1. The van der Waals surface area contributed by atoms with Gasteiger partial charge in [-0.1, -0.05) is 30.3 Å². The maximum atomic E-state index is 12.9. The molecule has 1 aromatic carbocycles. The van der Waals surface area contributed by atoms with Crippen molar-refractivity contribution >= 4 is 23.8 Å². The molecule has 35 heavy (non-hydrogen) atoms. The highest BCUT2D eigenvalue weighted by molar-refractivity contribution is 5.98. The number of aromatic nitrogens is 1. The lowest BCUT2D eigenvalue weighted by Gasteiger charge is -2.18. The summed E-state index contributed by atoms with van der Waals surface area (Å²) in [5.41, 5.74) is 0.651. The van der Waals surface area contributed by atoms with E-state index in [2.05, 4.69) is 10.3 Å². The summed E-state index contributed by atoms with van der Waals surface area (Å²) < 4.78 is 25.2. The number of hydrogen-bond donors (Lipinski definition) is 1. The van der Waals surface area contributed by atoms with E-state index in [9.17, 15) is 19.2 Å². The summed E-state index contributed by atoms with van der Waals surface area (Å²) in [5.74, 6) is -3.08. The van der Waals surface area contributed by atoms with Gasteiger partial charge in [-0.05, 0) is 12.0 Å². The molecule has 0 aliphatic rings. The molecule has 2 aromatic rings. The average Bonchev–Trinajstić information content (AvgIpc) is 2.88. The van der Waals surface area contributed by atoms with Crippen molar-refractivity contribution in [2.24, 2.45) is 0 Å². The number of methoxy groups -OCH3 is 3. The molecule has 1 unspecified atom stereocenters. The Morgan fingerprint density at radius 2 is 1.71 bits per heavy atom. The summed E-state index contributed by atoms with van der Waals surface area (Å²) in [4.78, 5) is 53.3. The summed E-state index contributed by atoms with van der Waals surface area (Å²) in [6.07, 6.45) is 1.75.